The molecule has 29 heavy (non-hydrogen) atoms. The van der Waals surface area contributed by atoms with Gasteiger partial charge in [0.2, 0.25) is 5.91 Å². The van der Waals surface area contributed by atoms with Gasteiger partial charge in [-0.05, 0) is 25.1 Å². The molecule has 1 aliphatic heterocycles. The third-order valence-electron chi connectivity index (χ3n) is 5.36. The highest BCUT2D eigenvalue weighted by Crippen LogP contribution is 2.22. The fraction of sp³-hybridized carbons (Fsp3) is 0.286. The minimum atomic E-state index is -0.979. The van der Waals surface area contributed by atoms with Crippen molar-refractivity contribution >= 4 is 17.5 Å². The van der Waals surface area contributed by atoms with E-state index in [2.05, 4.69) is 10.3 Å². The second-order valence-corrected chi connectivity index (χ2v) is 7.32. The number of rotatable bonds is 5. The molecule has 3 aromatic rings. The molecule has 3 heterocycles. The van der Waals surface area contributed by atoms with Crippen LogP contribution in [0.5, 0.6) is 0 Å². The van der Waals surface area contributed by atoms with Crippen LogP contribution in [-0.2, 0) is 11.2 Å². The third kappa shape index (κ3) is 3.83. The molecule has 1 atom stereocenters. The number of likely N-dealkylation sites (tertiary alicyclic amines) is 1. The quantitative estimate of drug-likeness (QED) is 0.718. The van der Waals surface area contributed by atoms with E-state index in [9.17, 15) is 18.4 Å². The number of carbonyl (C=O) groups is 2. The van der Waals surface area contributed by atoms with Crippen LogP contribution >= 0.6 is 0 Å². The van der Waals surface area contributed by atoms with Gasteiger partial charge in [-0.25, -0.2) is 13.8 Å². The van der Waals surface area contributed by atoms with Crippen molar-refractivity contribution in [1.29, 1.82) is 0 Å². The summed E-state index contributed by atoms with van der Waals surface area (Å²) < 4.78 is 28.8. The summed E-state index contributed by atoms with van der Waals surface area (Å²) in [6, 6.07) is 7.13. The van der Waals surface area contributed by atoms with E-state index in [4.69, 9.17) is 0 Å². The summed E-state index contributed by atoms with van der Waals surface area (Å²) in [5.41, 5.74) is 1.26. The lowest BCUT2D eigenvalue weighted by atomic mass is 9.91. The van der Waals surface area contributed by atoms with E-state index in [0.29, 0.717) is 24.3 Å². The Morgan fingerprint density at radius 2 is 2.03 bits per heavy atom. The first-order valence-corrected chi connectivity index (χ1v) is 9.36. The number of aromatic nitrogens is 2. The molecule has 4 rings (SSSR count). The topological polar surface area (TPSA) is 66.7 Å². The van der Waals surface area contributed by atoms with Crippen molar-refractivity contribution in [3.05, 3.63) is 71.7 Å². The maximum absolute atomic E-state index is 13.7. The molecule has 2 aromatic heterocycles. The van der Waals surface area contributed by atoms with Gasteiger partial charge in [-0.15, -0.1) is 0 Å². The molecule has 150 valence electrons. The normalized spacial score (nSPS) is 15.2. The Balaban J connectivity index is 1.30. The van der Waals surface area contributed by atoms with Gasteiger partial charge in [-0.3, -0.25) is 9.59 Å². The van der Waals surface area contributed by atoms with Crippen LogP contribution in [0.15, 0.2) is 48.9 Å². The molecular weight excluding hydrogens is 378 g/mol. The number of carbonyl (C=O) groups excluding carboxylic acids is 2. The molecule has 6 nitrogen and oxygen atoms in total. The van der Waals surface area contributed by atoms with E-state index < -0.39 is 11.6 Å². The number of nitrogens with one attached hydrogen (secondary N) is 1. The zero-order valence-electron chi connectivity index (χ0n) is 15.8. The lowest BCUT2D eigenvalue weighted by molar-refractivity contribution is -0.137. The summed E-state index contributed by atoms with van der Waals surface area (Å²) in [5, 5.41) is 2.96. The van der Waals surface area contributed by atoms with Gasteiger partial charge in [0.1, 0.15) is 5.65 Å². The zero-order valence-corrected chi connectivity index (χ0v) is 15.8. The zero-order chi connectivity index (χ0) is 20.5. The Bertz CT molecular complexity index is 1080. The standard InChI is InChI=1S/C21H20F2N4O2/c1-13(25-21(29)15-5-7-26-8-6-24-18(26)9-15)16-11-27(12-16)19(28)10-14-3-2-4-17(22)20(14)23/h2-9,13,16H,10-12H2,1H3,(H,25,29). The number of benzene rings is 1. The van der Waals surface area contributed by atoms with E-state index in [1.807, 2.05) is 11.3 Å². The van der Waals surface area contributed by atoms with Gasteiger partial charge < -0.3 is 14.6 Å². The van der Waals surface area contributed by atoms with E-state index in [-0.39, 0.29) is 35.8 Å². The first-order valence-electron chi connectivity index (χ1n) is 9.36. The molecule has 8 heteroatoms. The summed E-state index contributed by atoms with van der Waals surface area (Å²) >= 11 is 0. The number of pyridine rings is 1. The third-order valence-corrected chi connectivity index (χ3v) is 5.36. The smallest absolute Gasteiger partial charge is 0.251 e. The monoisotopic (exact) mass is 398 g/mol. The van der Waals surface area contributed by atoms with Crippen molar-refractivity contribution in [2.45, 2.75) is 19.4 Å². The van der Waals surface area contributed by atoms with Crippen LogP contribution in [0.3, 0.4) is 0 Å². The number of imidazole rings is 1. The number of amides is 2. The van der Waals surface area contributed by atoms with Crippen molar-refractivity contribution in [2.75, 3.05) is 13.1 Å². The first-order chi connectivity index (χ1) is 13.9. The van der Waals surface area contributed by atoms with Crippen LogP contribution in [0.4, 0.5) is 8.78 Å². The van der Waals surface area contributed by atoms with Crippen LogP contribution in [0.1, 0.15) is 22.8 Å². The summed E-state index contributed by atoms with van der Waals surface area (Å²) in [6.45, 7) is 2.83. The predicted molar refractivity (Wildman–Crippen MR) is 102 cm³/mol. The maximum Gasteiger partial charge on any atom is 0.251 e. The van der Waals surface area contributed by atoms with Crippen LogP contribution in [-0.4, -0.2) is 45.2 Å². The Morgan fingerprint density at radius 3 is 2.83 bits per heavy atom. The largest absolute Gasteiger partial charge is 0.349 e. The molecule has 1 aliphatic rings. The van der Waals surface area contributed by atoms with Gasteiger partial charge in [0.15, 0.2) is 11.6 Å². The average molecular weight is 398 g/mol. The summed E-state index contributed by atoms with van der Waals surface area (Å²) in [5.74, 6) is -2.28. The minimum absolute atomic E-state index is 0.0502. The molecule has 0 radical (unpaired) electrons. The lowest BCUT2D eigenvalue weighted by Gasteiger charge is -2.42. The molecule has 0 spiro atoms. The molecule has 0 bridgehead atoms. The molecule has 0 saturated carbocycles. The van der Waals surface area contributed by atoms with Crippen molar-refractivity contribution in [3.8, 4) is 0 Å². The van der Waals surface area contributed by atoms with Crippen LogP contribution < -0.4 is 5.32 Å². The van der Waals surface area contributed by atoms with E-state index in [1.54, 1.807) is 35.6 Å². The summed E-state index contributed by atoms with van der Waals surface area (Å²) in [4.78, 5) is 30.6. The highest BCUT2D eigenvalue weighted by Gasteiger charge is 2.35. The lowest BCUT2D eigenvalue weighted by Crippen LogP contribution is -2.57. The molecule has 1 N–H and O–H groups in total. The number of hydrogen-bond donors (Lipinski definition) is 1. The second kappa shape index (κ2) is 7.62. The van der Waals surface area contributed by atoms with E-state index >= 15 is 0 Å². The predicted octanol–water partition coefficient (Wildman–Crippen LogP) is 2.43. The van der Waals surface area contributed by atoms with Crippen molar-refractivity contribution in [1.82, 2.24) is 19.6 Å². The first kappa shape index (κ1) is 19.0. The SMILES string of the molecule is CC(NC(=O)c1ccn2ccnc2c1)C1CN(C(=O)Cc2cccc(F)c2F)C1. The van der Waals surface area contributed by atoms with Crippen molar-refractivity contribution in [3.63, 3.8) is 0 Å². The fourth-order valence-corrected chi connectivity index (χ4v) is 3.45. The fourth-order valence-electron chi connectivity index (χ4n) is 3.45. The highest BCUT2D eigenvalue weighted by molar-refractivity contribution is 5.95. The Kier molecular flexibility index (Phi) is 5.00. The highest BCUT2D eigenvalue weighted by atomic mass is 19.2. The van der Waals surface area contributed by atoms with Crippen molar-refractivity contribution in [2.24, 2.45) is 5.92 Å². The number of hydrogen-bond acceptors (Lipinski definition) is 3. The van der Waals surface area contributed by atoms with Crippen LogP contribution in [0.25, 0.3) is 5.65 Å². The second-order valence-electron chi connectivity index (χ2n) is 7.32. The van der Waals surface area contributed by atoms with Gasteiger partial charge >= 0.3 is 0 Å². The molecule has 2 amide bonds. The Hall–Kier alpha value is -3.29. The number of fused-ring (bicyclic) bond motifs is 1. The van der Waals surface area contributed by atoms with Gasteiger partial charge in [0.25, 0.3) is 5.91 Å². The number of nitrogens with zero attached hydrogens (tertiary/aromatic N) is 3. The Labute approximate surface area is 166 Å². The van der Waals surface area contributed by atoms with Gasteiger partial charge in [-0.2, -0.15) is 0 Å². The summed E-state index contributed by atoms with van der Waals surface area (Å²) in [7, 11) is 0. The Morgan fingerprint density at radius 1 is 1.24 bits per heavy atom. The van der Waals surface area contributed by atoms with Crippen LogP contribution in [0.2, 0.25) is 0 Å². The van der Waals surface area contributed by atoms with Gasteiger partial charge in [0.05, 0.1) is 6.42 Å². The molecule has 1 unspecified atom stereocenters. The minimum Gasteiger partial charge on any atom is -0.349 e. The molecule has 0 aliphatic carbocycles. The van der Waals surface area contributed by atoms with E-state index in [1.165, 1.54) is 12.1 Å². The van der Waals surface area contributed by atoms with E-state index in [0.717, 1.165) is 6.07 Å². The van der Waals surface area contributed by atoms with Gasteiger partial charge in [0, 0.05) is 54.8 Å². The number of halogens is 2. The van der Waals surface area contributed by atoms with Gasteiger partial charge in [-0.1, -0.05) is 12.1 Å². The van der Waals surface area contributed by atoms with Crippen molar-refractivity contribution < 1.29 is 18.4 Å². The maximum atomic E-state index is 13.7. The molecular formula is C21H20F2N4O2. The molecule has 1 aromatic carbocycles. The molecule has 1 fully saturated rings. The summed E-state index contributed by atoms with van der Waals surface area (Å²) in [6.07, 6.45) is 5.06. The van der Waals surface area contributed by atoms with Crippen LogP contribution in [0, 0.1) is 17.6 Å². The molecule has 1 saturated heterocycles. The average Bonchev–Trinajstić information content (AvgIpc) is 3.12.